The second-order valence-electron chi connectivity index (χ2n) is 7.32. The van der Waals surface area contributed by atoms with Crippen LogP contribution in [0.15, 0.2) is 41.4 Å². The van der Waals surface area contributed by atoms with Crippen molar-refractivity contribution in [2.24, 2.45) is 0 Å². The second-order valence-corrected chi connectivity index (χ2v) is 9.59. The monoisotopic (exact) mass is 465 g/mol. The van der Waals surface area contributed by atoms with Crippen molar-refractivity contribution >= 4 is 39.2 Å². The van der Waals surface area contributed by atoms with Crippen LogP contribution >= 0.6 is 11.6 Å². The Kier molecular flexibility index (Phi) is 7.30. The van der Waals surface area contributed by atoms with E-state index in [-0.39, 0.29) is 15.6 Å². The van der Waals surface area contributed by atoms with Gasteiger partial charge in [0.1, 0.15) is 0 Å². The molecule has 1 aromatic heterocycles. The number of aromatic nitrogens is 1. The lowest BCUT2D eigenvalue weighted by Gasteiger charge is -2.26. The van der Waals surface area contributed by atoms with Crippen LogP contribution in [0.1, 0.15) is 42.1 Å². The lowest BCUT2D eigenvalue weighted by atomic mass is 10.1. The number of rotatable bonds is 6. The molecule has 8 nitrogen and oxygen atoms in total. The van der Waals surface area contributed by atoms with E-state index in [1.807, 2.05) is 0 Å². The molecule has 31 heavy (non-hydrogen) atoms. The number of nitrogens with one attached hydrogen (secondary N) is 1. The highest BCUT2D eigenvalue weighted by Gasteiger charge is 2.29. The Morgan fingerprint density at radius 1 is 1.19 bits per heavy atom. The van der Waals surface area contributed by atoms with E-state index in [2.05, 4.69) is 10.3 Å². The van der Waals surface area contributed by atoms with Crippen LogP contribution in [0.3, 0.4) is 0 Å². The molecule has 1 N–H and O–H groups in total. The number of piperidine rings is 1. The molecule has 1 unspecified atom stereocenters. The van der Waals surface area contributed by atoms with Gasteiger partial charge in [-0.1, -0.05) is 24.1 Å². The minimum absolute atomic E-state index is 0.0558. The summed E-state index contributed by atoms with van der Waals surface area (Å²) in [7, 11) is -3.71. The topological polar surface area (TPSA) is 106 Å². The number of benzene rings is 1. The molecular weight excluding hydrogens is 442 g/mol. The Balaban J connectivity index is 1.74. The Labute approximate surface area is 186 Å². The Morgan fingerprint density at radius 2 is 1.90 bits per heavy atom. The van der Waals surface area contributed by atoms with Gasteiger partial charge in [0.15, 0.2) is 11.3 Å². The van der Waals surface area contributed by atoms with Gasteiger partial charge in [0.2, 0.25) is 10.0 Å². The molecule has 1 fully saturated rings. The summed E-state index contributed by atoms with van der Waals surface area (Å²) < 4.78 is 32.8. The zero-order chi connectivity index (χ0) is 22.6. The Bertz CT molecular complexity index is 1080. The van der Waals surface area contributed by atoms with Crippen molar-refractivity contribution < 1.29 is 22.7 Å². The molecule has 0 bridgehead atoms. The molecule has 0 spiro atoms. The van der Waals surface area contributed by atoms with Gasteiger partial charge in [-0.05, 0) is 56.5 Å². The van der Waals surface area contributed by atoms with Crippen molar-refractivity contribution in [3.63, 3.8) is 0 Å². The number of aryl methyl sites for hydroxylation is 1. The summed E-state index contributed by atoms with van der Waals surface area (Å²) in [5, 5.41) is 2.65. The fourth-order valence-corrected chi connectivity index (χ4v) is 5.18. The van der Waals surface area contributed by atoms with Crippen LogP contribution < -0.4 is 5.32 Å². The van der Waals surface area contributed by atoms with Crippen LogP contribution in [0.2, 0.25) is 5.15 Å². The molecule has 2 heterocycles. The number of halogens is 1. The predicted molar refractivity (Wildman–Crippen MR) is 117 cm³/mol. The van der Waals surface area contributed by atoms with Gasteiger partial charge >= 0.3 is 5.97 Å². The first-order chi connectivity index (χ1) is 14.7. The smallest absolute Gasteiger partial charge is 0.338 e. The summed E-state index contributed by atoms with van der Waals surface area (Å²) in [6.45, 7) is 4.02. The summed E-state index contributed by atoms with van der Waals surface area (Å²) in [5.74, 6) is -1.38. The van der Waals surface area contributed by atoms with Crippen molar-refractivity contribution in [3.8, 4) is 0 Å². The highest BCUT2D eigenvalue weighted by atomic mass is 35.5. The highest BCUT2D eigenvalue weighted by Crippen LogP contribution is 2.25. The van der Waals surface area contributed by atoms with E-state index in [1.54, 1.807) is 25.1 Å². The molecule has 0 aliphatic carbocycles. The number of sulfonamides is 1. The SMILES string of the molecule is Cc1ccc(C(=O)OC(C)C(=O)Nc2cccnc2Cl)cc1S(=O)(=O)N1CCCCC1. The summed E-state index contributed by atoms with van der Waals surface area (Å²) in [4.78, 5) is 28.9. The Hall–Kier alpha value is -2.49. The zero-order valence-electron chi connectivity index (χ0n) is 17.3. The first-order valence-corrected chi connectivity index (χ1v) is 11.7. The van der Waals surface area contributed by atoms with E-state index in [4.69, 9.17) is 16.3 Å². The van der Waals surface area contributed by atoms with Crippen LogP contribution in [0.4, 0.5) is 5.69 Å². The fraction of sp³-hybridized carbons (Fsp3) is 0.381. The lowest BCUT2D eigenvalue weighted by Crippen LogP contribution is -2.36. The Morgan fingerprint density at radius 3 is 2.58 bits per heavy atom. The van der Waals surface area contributed by atoms with Crippen molar-refractivity contribution in [2.75, 3.05) is 18.4 Å². The van der Waals surface area contributed by atoms with Gasteiger partial charge in [-0.3, -0.25) is 4.79 Å². The third-order valence-electron chi connectivity index (χ3n) is 5.03. The minimum atomic E-state index is -3.71. The summed E-state index contributed by atoms with van der Waals surface area (Å²) >= 11 is 5.92. The van der Waals surface area contributed by atoms with E-state index in [9.17, 15) is 18.0 Å². The highest BCUT2D eigenvalue weighted by molar-refractivity contribution is 7.89. The van der Waals surface area contributed by atoms with E-state index >= 15 is 0 Å². The molecule has 1 aliphatic heterocycles. The van der Waals surface area contributed by atoms with E-state index in [0.29, 0.717) is 24.3 Å². The first kappa shape index (κ1) is 23.2. The van der Waals surface area contributed by atoms with Gasteiger partial charge in [0.05, 0.1) is 16.1 Å². The average Bonchev–Trinajstić information content (AvgIpc) is 2.76. The molecular formula is C21H24ClN3O5S. The van der Waals surface area contributed by atoms with Gasteiger partial charge in [0, 0.05) is 19.3 Å². The van der Waals surface area contributed by atoms with Crippen LogP contribution in [-0.2, 0) is 19.6 Å². The molecule has 166 valence electrons. The molecule has 10 heteroatoms. The number of carbonyl (C=O) groups excluding carboxylic acids is 2. The maximum atomic E-state index is 13.0. The first-order valence-electron chi connectivity index (χ1n) is 9.93. The van der Waals surface area contributed by atoms with E-state index in [1.165, 1.54) is 29.6 Å². The van der Waals surface area contributed by atoms with E-state index < -0.39 is 28.0 Å². The number of esters is 1. The lowest BCUT2D eigenvalue weighted by molar-refractivity contribution is -0.123. The second kappa shape index (κ2) is 9.76. The molecule has 1 aliphatic rings. The molecule has 1 amide bonds. The van der Waals surface area contributed by atoms with Crippen LogP contribution in [0.25, 0.3) is 0 Å². The standard InChI is InChI=1S/C21H24ClN3O5S/c1-14-8-9-16(13-18(14)31(28,29)25-11-4-3-5-12-25)21(27)30-15(2)20(26)24-17-7-6-10-23-19(17)22/h6-10,13,15H,3-5,11-12H2,1-2H3,(H,24,26). The van der Waals surface area contributed by atoms with Crippen LogP contribution in [0, 0.1) is 6.92 Å². The molecule has 2 aromatic rings. The average molecular weight is 466 g/mol. The van der Waals surface area contributed by atoms with Gasteiger partial charge in [-0.15, -0.1) is 0 Å². The summed E-state index contributed by atoms with van der Waals surface area (Å²) in [5.41, 5.74) is 0.890. The number of anilines is 1. The predicted octanol–water partition coefficient (Wildman–Crippen LogP) is 3.40. The molecule has 0 radical (unpaired) electrons. The normalized spacial score (nSPS) is 15.8. The number of ether oxygens (including phenoxy) is 1. The zero-order valence-corrected chi connectivity index (χ0v) is 18.9. The van der Waals surface area contributed by atoms with E-state index in [0.717, 1.165) is 19.3 Å². The molecule has 0 saturated carbocycles. The van der Waals surface area contributed by atoms with Gasteiger partial charge in [-0.25, -0.2) is 18.2 Å². The van der Waals surface area contributed by atoms with Crippen molar-refractivity contribution in [1.29, 1.82) is 0 Å². The quantitative estimate of drug-likeness (QED) is 0.517. The molecule has 1 atom stereocenters. The minimum Gasteiger partial charge on any atom is -0.449 e. The maximum Gasteiger partial charge on any atom is 0.338 e. The van der Waals surface area contributed by atoms with Crippen molar-refractivity contribution in [2.45, 2.75) is 44.1 Å². The molecule has 1 aromatic carbocycles. The number of nitrogens with zero attached hydrogens (tertiary/aromatic N) is 2. The number of carbonyl (C=O) groups is 2. The van der Waals surface area contributed by atoms with Crippen molar-refractivity contribution in [3.05, 3.63) is 52.8 Å². The maximum absolute atomic E-state index is 13.0. The summed E-state index contributed by atoms with van der Waals surface area (Å²) in [6, 6.07) is 7.53. The largest absolute Gasteiger partial charge is 0.449 e. The third kappa shape index (κ3) is 5.41. The van der Waals surface area contributed by atoms with Gasteiger partial charge < -0.3 is 10.1 Å². The van der Waals surface area contributed by atoms with Gasteiger partial charge in [-0.2, -0.15) is 4.31 Å². The van der Waals surface area contributed by atoms with Crippen LogP contribution in [0.5, 0.6) is 0 Å². The van der Waals surface area contributed by atoms with Crippen molar-refractivity contribution in [1.82, 2.24) is 9.29 Å². The number of hydrogen-bond donors (Lipinski definition) is 1. The third-order valence-corrected chi connectivity index (χ3v) is 7.37. The summed E-state index contributed by atoms with van der Waals surface area (Å²) in [6.07, 6.45) is 2.98. The van der Waals surface area contributed by atoms with Gasteiger partial charge in [0.25, 0.3) is 5.91 Å². The fourth-order valence-electron chi connectivity index (χ4n) is 3.25. The molecule has 3 rings (SSSR count). The molecule has 1 saturated heterocycles. The van der Waals surface area contributed by atoms with Crippen LogP contribution in [-0.4, -0.2) is 48.8 Å². The number of pyridine rings is 1. The number of amides is 1. The number of hydrogen-bond acceptors (Lipinski definition) is 6.